The summed E-state index contributed by atoms with van der Waals surface area (Å²) in [6.45, 7) is 8.25. The molecule has 0 saturated heterocycles. The number of anilines is 1. The van der Waals surface area contributed by atoms with E-state index in [0.717, 1.165) is 16.8 Å². The molecule has 0 radical (unpaired) electrons. The Morgan fingerprint density at radius 1 is 1.07 bits per heavy atom. The minimum atomic E-state index is -0.229. The predicted octanol–water partition coefficient (Wildman–Crippen LogP) is 3.70. The molecule has 0 fully saturated rings. The van der Waals surface area contributed by atoms with Crippen LogP contribution in [0.3, 0.4) is 0 Å². The Labute approximate surface area is 165 Å². The number of para-hydroxylation sites is 1. The van der Waals surface area contributed by atoms with Crippen LogP contribution in [0.2, 0.25) is 0 Å². The smallest absolute Gasteiger partial charge is 0.244 e. The Kier molecular flexibility index (Phi) is 5.58. The zero-order chi connectivity index (χ0) is 20.3. The van der Waals surface area contributed by atoms with Crippen LogP contribution in [-0.4, -0.2) is 30.1 Å². The van der Waals surface area contributed by atoms with E-state index in [4.69, 9.17) is 9.47 Å². The van der Waals surface area contributed by atoms with E-state index in [-0.39, 0.29) is 30.6 Å². The summed E-state index contributed by atoms with van der Waals surface area (Å²) in [5.41, 5.74) is 2.60. The third kappa shape index (κ3) is 4.63. The molecule has 0 aliphatic carbocycles. The van der Waals surface area contributed by atoms with Crippen LogP contribution in [0.5, 0.6) is 11.5 Å². The molecule has 3 rings (SSSR count). The molecular weight excluding hydrogens is 356 g/mol. The molecule has 148 valence electrons. The van der Waals surface area contributed by atoms with Crippen molar-refractivity contribution in [1.82, 2.24) is 4.90 Å². The summed E-state index contributed by atoms with van der Waals surface area (Å²) in [5, 5.41) is 2.95. The minimum Gasteiger partial charge on any atom is -0.454 e. The van der Waals surface area contributed by atoms with E-state index in [0.29, 0.717) is 18.0 Å². The number of hydrogen-bond acceptors (Lipinski definition) is 4. The van der Waals surface area contributed by atoms with Gasteiger partial charge < -0.3 is 19.7 Å². The van der Waals surface area contributed by atoms with Crippen LogP contribution >= 0.6 is 0 Å². The number of nitrogens with zero attached hydrogens (tertiary/aromatic N) is 1. The molecule has 0 bridgehead atoms. The average Bonchev–Trinajstić information content (AvgIpc) is 3.08. The fraction of sp³-hybridized carbons (Fsp3) is 0.364. The maximum Gasteiger partial charge on any atom is 0.244 e. The van der Waals surface area contributed by atoms with Gasteiger partial charge in [0.15, 0.2) is 11.5 Å². The summed E-state index contributed by atoms with van der Waals surface area (Å²) in [6, 6.07) is 13.3. The van der Waals surface area contributed by atoms with Crippen molar-refractivity contribution >= 4 is 17.5 Å². The van der Waals surface area contributed by atoms with Gasteiger partial charge in [0, 0.05) is 19.2 Å². The number of carbonyl (C=O) groups is 2. The maximum atomic E-state index is 12.6. The standard InChI is InChI=1S/C22H26N2O4/c1-15(25)24(12-16-9-10-19-20(11-16)28-14-27-19)13-21(26)23-18-8-6-5-7-17(18)22(2,3)4/h5-11H,12-14H2,1-4H3,(H,23,26). The van der Waals surface area contributed by atoms with Crippen LogP contribution in [0.15, 0.2) is 42.5 Å². The van der Waals surface area contributed by atoms with Gasteiger partial charge in [-0.1, -0.05) is 45.0 Å². The van der Waals surface area contributed by atoms with E-state index in [2.05, 4.69) is 26.1 Å². The lowest BCUT2D eigenvalue weighted by Crippen LogP contribution is -2.36. The molecule has 6 nitrogen and oxygen atoms in total. The Bertz CT molecular complexity index is 886. The zero-order valence-corrected chi connectivity index (χ0v) is 16.7. The second-order valence-electron chi connectivity index (χ2n) is 7.91. The number of nitrogens with one attached hydrogen (secondary N) is 1. The third-order valence-electron chi connectivity index (χ3n) is 4.60. The highest BCUT2D eigenvalue weighted by atomic mass is 16.7. The van der Waals surface area contributed by atoms with Gasteiger partial charge in [0.1, 0.15) is 6.54 Å². The number of amides is 2. The first-order chi connectivity index (χ1) is 13.2. The highest BCUT2D eigenvalue weighted by molar-refractivity contribution is 5.95. The van der Waals surface area contributed by atoms with Gasteiger partial charge in [-0.2, -0.15) is 0 Å². The van der Waals surface area contributed by atoms with E-state index in [1.54, 1.807) is 0 Å². The van der Waals surface area contributed by atoms with Crippen LogP contribution in [-0.2, 0) is 21.5 Å². The number of fused-ring (bicyclic) bond motifs is 1. The van der Waals surface area contributed by atoms with Crippen molar-refractivity contribution in [2.24, 2.45) is 0 Å². The first-order valence-corrected chi connectivity index (χ1v) is 9.27. The van der Waals surface area contributed by atoms with Crippen LogP contribution in [0.25, 0.3) is 0 Å². The average molecular weight is 382 g/mol. The largest absolute Gasteiger partial charge is 0.454 e. The Morgan fingerprint density at radius 2 is 1.79 bits per heavy atom. The van der Waals surface area contributed by atoms with Crippen LogP contribution in [0, 0.1) is 0 Å². The van der Waals surface area contributed by atoms with E-state index >= 15 is 0 Å². The van der Waals surface area contributed by atoms with Gasteiger partial charge in [0.25, 0.3) is 0 Å². The lowest BCUT2D eigenvalue weighted by Gasteiger charge is -2.24. The SMILES string of the molecule is CC(=O)N(CC(=O)Nc1ccccc1C(C)(C)C)Cc1ccc2c(c1)OCO2. The minimum absolute atomic E-state index is 0.0255. The number of ether oxygens (including phenoxy) is 2. The number of hydrogen-bond donors (Lipinski definition) is 1. The highest BCUT2D eigenvalue weighted by Gasteiger charge is 2.21. The molecule has 2 aromatic rings. The fourth-order valence-corrected chi connectivity index (χ4v) is 3.15. The molecule has 28 heavy (non-hydrogen) atoms. The molecular formula is C22H26N2O4. The van der Waals surface area contributed by atoms with Crippen LogP contribution in [0.1, 0.15) is 38.8 Å². The van der Waals surface area contributed by atoms with E-state index in [9.17, 15) is 9.59 Å². The zero-order valence-electron chi connectivity index (χ0n) is 16.7. The predicted molar refractivity (Wildman–Crippen MR) is 107 cm³/mol. The maximum absolute atomic E-state index is 12.6. The molecule has 0 aromatic heterocycles. The number of carbonyl (C=O) groups excluding carboxylic acids is 2. The van der Waals surface area contributed by atoms with Crippen molar-refractivity contribution in [3.05, 3.63) is 53.6 Å². The van der Waals surface area contributed by atoms with E-state index in [1.165, 1.54) is 11.8 Å². The van der Waals surface area contributed by atoms with Gasteiger partial charge in [0.05, 0.1) is 0 Å². The van der Waals surface area contributed by atoms with Gasteiger partial charge in [-0.3, -0.25) is 9.59 Å². The van der Waals surface area contributed by atoms with Crippen LogP contribution < -0.4 is 14.8 Å². The normalized spacial score (nSPS) is 12.6. The van der Waals surface area contributed by atoms with Gasteiger partial charge in [-0.05, 0) is 34.7 Å². The van der Waals surface area contributed by atoms with Crippen molar-refractivity contribution in [3.63, 3.8) is 0 Å². The number of rotatable bonds is 5. The molecule has 1 N–H and O–H groups in total. The molecule has 0 saturated carbocycles. The quantitative estimate of drug-likeness (QED) is 0.856. The van der Waals surface area contributed by atoms with Gasteiger partial charge in [0.2, 0.25) is 18.6 Å². The topological polar surface area (TPSA) is 67.9 Å². The van der Waals surface area contributed by atoms with Crippen LogP contribution in [0.4, 0.5) is 5.69 Å². The molecule has 6 heteroatoms. The van der Waals surface area contributed by atoms with Gasteiger partial charge in [-0.15, -0.1) is 0 Å². The first-order valence-electron chi connectivity index (χ1n) is 9.27. The van der Waals surface area contributed by atoms with Crippen molar-refractivity contribution < 1.29 is 19.1 Å². The molecule has 1 aliphatic heterocycles. The Morgan fingerprint density at radius 3 is 2.50 bits per heavy atom. The summed E-state index contributed by atoms with van der Waals surface area (Å²) in [4.78, 5) is 26.2. The number of benzene rings is 2. The lowest BCUT2D eigenvalue weighted by molar-refractivity contribution is -0.133. The molecule has 0 unspecified atom stereocenters. The summed E-state index contributed by atoms with van der Waals surface area (Å²) in [6.07, 6.45) is 0. The fourth-order valence-electron chi connectivity index (χ4n) is 3.15. The molecule has 1 aliphatic rings. The molecule has 1 heterocycles. The van der Waals surface area contributed by atoms with E-state index < -0.39 is 0 Å². The Balaban J connectivity index is 1.70. The molecule has 0 spiro atoms. The molecule has 0 atom stereocenters. The third-order valence-corrected chi connectivity index (χ3v) is 4.60. The Hall–Kier alpha value is -3.02. The monoisotopic (exact) mass is 382 g/mol. The molecule has 2 aromatic carbocycles. The summed E-state index contributed by atoms with van der Waals surface area (Å²) in [7, 11) is 0. The summed E-state index contributed by atoms with van der Waals surface area (Å²) >= 11 is 0. The van der Waals surface area contributed by atoms with Crippen molar-refractivity contribution in [3.8, 4) is 11.5 Å². The van der Waals surface area contributed by atoms with E-state index in [1.807, 2.05) is 42.5 Å². The van der Waals surface area contributed by atoms with Gasteiger partial charge >= 0.3 is 0 Å². The summed E-state index contributed by atoms with van der Waals surface area (Å²) < 4.78 is 10.7. The van der Waals surface area contributed by atoms with Crippen molar-refractivity contribution in [1.29, 1.82) is 0 Å². The van der Waals surface area contributed by atoms with Crippen molar-refractivity contribution in [2.45, 2.75) is 39.7 Å². The molecule has 2 amide bonds. The second-order valence-corrected chi connectivity index (χ2v) is 7.91. The summed E-state index contributed by atoms with van der Waals surface area (Å²) in [5.74, 6) is 0.948. The first kappa shape index (κ1) is 19.7. The van der Waals surface area contributed by atoms with Crippen molar-refractivity contribution in [2.75, 3.05) is 18.7 Å². The lowest BCUT2D eigenvalue weighted by atomic mass is 9.86. The highest BCUT2D eigenvalue weighted by Crippen LogP contribution is 2.33. The van der Waals surface area contributed by atoms with Gasteiger partial charge in [-0.25, -0.2) is 0 Å². The second kappa shape index (κ2) is 7.92.